The lowest BCUT2D eigenvalue weighted by Crippen LogP contribution is -1.90. The number of hydrogen-bond acceptors (Lipinski definition) is 4. The first-order chi connectivity index (χ1) is 11.7. The van der Waals surface area contributed by atoms with E-state index in [2.05, 4.69) is 46.5 Å². The van der Waals surface area contributed by atoms with Crippen molar-refractivity contribution in [3.8, 4) is 11.4 Å². The standard InChI is InChI=1S/C18H13ClN4S.ClH/c1-12-2-4-13(5-3-12)6-11-16-22-23-17(20-21-18(23)24-16)14-7-9-15(19)10-8-14;/h2-11H,1H3;1H. The van der Waals surface area contributed by atoms with Gasteiger partial charge in [-0.1, -0.05) is 58.8 Å². The Kier molecular flexibility index (Phi) is 5.18. The Balaban J connectivity index is 0.00000182. The average Bonchev–Trinajstić information content (AvgIpc) is 3.15. The minimum atomic E-state index is 0. The van der Waals surface area contributed by atoms with Crippen LogP contribution in [0.5, 0.6) is 0 Å². The number of aromatic nitrogens is 4. The molecular formula is C18H14Cl2N4S. The Morgan fingerprint density at radius 2 is 1.68 bits per heavy atom. The second-order valence-corrected chi connectivity index (χ2v) is 6.83. The van der Waals surface area contributed by atoms with Crippen LogP contribution < -0.4 is 0 Å². The Labute approximate surface area is 160 Å². The van der Waals surface area contributed by atoms with Gasteiger partial charge in [0.1, 0.15) is 5.01 Å². The molecule has 0 amide bonds. The highest BCUT2D eigenvalue weighted by molar-refractivity contribution is 7.17. The quantitative estimate of drug-likeness (QED) is 0.471. The molecule has 0 aliphatic heterocycles. The lowest BCUT2D eigenvalue weighted by molar-refractivity contribution is 0.960. The molecule has 4 rings (SSSR count). The molecule has 0 atom stereocenters. The zero-order valence-corrected chi connectivity index (χ0v) is 15.6. The maximum Gasteiger partial charge on any atom is 0.235 e. The van der Waals surface area contributed by atoms with Crippen molar-refractivity contribution in [1.29, 1.82) is 0 Å². The van der Waals surface area contributed by atoms with Gasteiger partial charge in [0.05, 0.1) is 0 Å². The van der Waals surface area contributed by atoms with E-state index in [1.807, 2.05) is 36.4 Å². The fourth-order valence-corrected chi connectivity index (χ4v) is 3.19. The Bertz CT molecular complexity index is 1020. The summed E-state index contributed by atoms with van der Waals surface area (Å²) < 4.78 is 1.77. The van der Waals surface area contributed by atoms with Gasteiger partial charge in [-0.05, 0) is 42.8 Å². The van der Waals surface area contributed by atoms with E-state index < -0.39 is 0 Å². The van der Waals surface area contributed by atoms with Crippen LogP contribution in [-0.2, 0) is 0 Å². The molecule has 0 bridgehead atoms. The van der Waals surface area contributed by atoms with Crippen LogP contribution in [0.3, 0.4) is 0 Å². The Hall–Kier alpha value is -2.21. The number of nitrogens with zero attached hydrogens (tertiary/aromatic N) is 4. The number of halogens is 2. The summed E-state index contributed by atoms with van der Waals surface area (Å²) in [5.41, 5.74) is 3.33. The molecule has 25 heavy (non-hydrogen) atoms. The summed E-state index contributed by atoms with van der Waals surface area (Å²) in [5, 5.41) is 14.6. The molecule has 2 aromatic carbocycles. The second-order valence-electron chi connectivity index (χ2n) is 5.41. The highest BCUT2D eigenvalue weighted by atomic mass is 35.5. The van der Waals surface area contributed by atoms with E-state index in [9.17, 15) is 0 Å². The van der Waals surface area contributed by atoms with E-state index in [1.165, 1.54) is 16.9 Å². The minimum Gasteiger partial charge on any atom is -0.182 e. The Morgan fingerprint density at radius 1 is 0.960 bits per heavy atom. The van der Waals surface area contributed by atoms with E-state index >= 15 is 0 Å². The summed E-state index contributed by atoms with van der Waals surface area (Å²) in [7, 11) is 0. The zero-order valence-electron chi connectivity index (χ0n) is 13.3. The van der Waals surface area contributed by atoms with E-state index in [4.69, 9.17) is 11.6 Å². The fourth-order valence-electron chi connectivity index (χ4n) is 2.32. The molecule has 0 unspecified atom stereocenters. The molecule has 2 aromatic heterocycles. The molecule has 0 saturated heterocycles. The van der Waals surface area contributed by atoms with Crippen LogP contribution >= 0.6 is 35.3 Å². The van der Waals surface area contributed by atoms with Gasteiger partial charge in [0.2, 0.25) is 4.96 Å². The summed E-state index contributed by atoms with van der Waals surface area (Å²) in [6, 6.07) is 15.9. The summed E-state index contributed by atoms with van der Waals surface area (Å²) in [4.78, 5) is 0.767. The van der Waals surface area contributed by atoms with Gasteiger partial charge < -0.3 is 0 Å². The van der Waals surface area contributed by atoms with Crippen LogP contribution in [0.2, 0.25) is 5.02 Å². The maximum absolute atomic E-state index is 5.94. The maximum atomic E-state index is 5.94. The van der Waals surface area contributed by atoms with Crippen LogP contribution in [0.25, 0.3) is 28.5 Å². The normalized spacial score (nSPS) is 11.1. The van der Waals surface area contributed by atoms with Crippen LogP contribution in [0.15, 0.2) is 48.5 Å². The lowest BCUT2D eigenvalue weighted by atomic mass is 10.1. The van der Waals surface area contributed by atoms with Crippen LogP contribution in [-0.4, -0.2) is 19.8 Å². The van der Waals surface area contributed by atoms with Gasteiger partial charge in [-0.3, -0.25) is 0 Å². The van der Waals surface area contributed by atoms with Crippen molar-refractivity contribution in [2.45, 2.75) is 6.92 Å². The third-order valence-corrected chi connectivity index (χ3v) is 4.72. The first kappa shape index (κ1) is 17.6. The van der Waals surface area contributed by atoms with Gasteiger partial charge in [0.25, 0.3) is 0 Å². The predicted octanol–water partition coefficient (Wildman–Crippen LogP) is 5.41. The third-order valence-electron chi connectivity index (χ3n) is 3.60. The number of hydrogen-bond donors (Lipinski definition) is 0. The van der Waals surface area contributed by atoms with Crippen molar-refractivity contribution < 1.29 is 0 Å². The third kappa shape index (κ3) is 3.74. The van der Waals surface area contributed by atoms with Crippen molar-refractivity contribution >= 4 is 52.5 Å². The molecule has 4 aromatic rings. The SMILES string of the molecule is Cc1ccc(C=Cc2nn3c(-c4ccc(Cl)cc4)nnc3s2)cc1.Cl. The van der Waals surface area contributed by atoms with Gasteiger partial charge in [-0.15, -0.1) is 22.6 Å². The molecule has 126 valence electrons. The fraction of sp³-hybridized carbons (Fsp3) is 0.0556. The molecule has 0 N–H and O–H groups in total. The first-order valence-corrected chi connectivity index (χ1v) is 8.61. The molecule has 0 aliphatic carbocycles. The van der Waals surface area contributed by atoms with Crippen molar-refractivity contribution in [1.82, 2.24) is 19.8 Å². The molecule has 0 saturated carbocycles. The monoisotopic (exact) mass is 388 g/mol. The average molecular weight is 389 g/mol. The van der Waals surface area contributed by atoms with Crippen molar-refractivity contribution in [2.75, 3.05) is 0 Å². The summed E-state index contributed by atoms with van der Waals surface area (Å²) >= 11 is 7.44. The summed E-state index contributed by atoms with van der Waals surface area (Å²) in [6.45, 7) is 2.08. The molecule has 7 heteroatoms. The minimum absolute atomic E-state index is 0. The van der Waals surface area contributed by atoms with Gasteiger partial charge >= 0.3 is 0 Å². The van der Waals surface area contributed by atoms with Crippen LogP contribution in [0, 0.1) is 6.92 Å². The number of aryl methyl sites for hydroxylation is 1. The summed E-state index contributed by atoms with van der Waals surface area (Å²) in [6.07, 6.45) is 4.04. The first-order valence-electron chi connectivity index (χ1n) is 7.42. The number of rotatable bonds is 3. The Morgan fingerprint density at radius 3 is 2.40 bits per heavy atom. The van der Waals surface area contributed by atoms with Gasteiger partial charge in [0.15, 0.2) is 5.82 Å². The van der Waals surface area contributed by atoms with E-state index in [-0.39, 0.29) is 12.4 Å². The van der Waals surface area contributed by atoms with E-state index in [1.54, 1.807) is 4.52 Å². The predicted molar refractivity (Wildman–Crippen MR) is 106 cm³/mol. The number of fused-ring (bicyclic) bond motifs is 1. The van der Waals surface area contributed by atoms with Crippen LogP contribution in [0.4, 0.5) is 0 Å². The van der Waals surface area contributed by atoms with E-state index in [0.29, 0.717) is 10.8 Å². The molecular weight excluding hydrogens is 375 g/mol. The molecule has 0 radical (unpaired) electrons. The molecule has 2 heterocycles. The molecule has 0 aliphatic rings. The van der Waals surface area contributed by atoms with E-state index in [0.717, 1.165) is 21.1 Å². The number of benzene rings is 2. The van der Waals surface area contributed by atoms with Gasteiger partial charge in [-0.2, -0.15) is 9.61 Å². The topological polar surface area (TPSA) is 43.1 Å². The molecule has 0 spiro atoms. The highest BCUT2D eigenvalue weighted by Gasteiger charge is 2.12. The van der Waals surface area contributed by atoms with Gasteiger partial charge in [0, 0.05) is 10.6 Å². The smallest absolute Gasteiger partial charge is 0.182 e. The van der Waals surface area contributed by atoms with Crippen molar-refractivity contribution in [2.24, 2.45) is 0 Å². The summed E-state index contributed by atoms with van der Waals surface area (Å²) in [5.74, 6) is 0.716. The van der Waals surface area contributed by atoms with Crippen molar-refractivity contribution in [3.63, 3.8) is 0 Å². The largest absolute Gasteiger partial charge is 0.235 e. The second kappa shape index (κ2) is 7.35. The van der Waals surface area contributed by atoms with Crippen LogP contribution in [0.1, 0.15) is 16.1 Å². The lowest BCUT2D eigenvalue weighted by Gasteiger charge is -1.96. The zero-order chi connectivity index (χ0) is 16.5. The van der Waals surface area contributed by atoms with Gasteiger partial charge in [-0.25, -0.2) is 0 Å². The molecule has 4 nitrogen and oxygen atoms in total. The molecule has 0 fully saturated rings. The highest BCUT2D eigenvalue weighted by Crippen LogP contribution is 2.23. The van der Waals surface area contributed by atoms with Crippen molar-refractivity contribution in [3.05, 3.63) is 69.7 Å².